The molecule has 0 fully saturated rings. The van der Waals surface area contributed by atoms with Crippen LogP contribution in [-0.2, 0) is 4.79 Å². The number of carbonyl (C=O) groups excluding carboxylic acids is 1. The van der Waals surface area contributed by atoms with Gasteiger partial charge in [0.2, 0.25) is 5.91 Å². The van der Waals surface area contributed by atoms with E-state index in [0.717, 1.165) is 25.7 Å². The van der Waals surface area contributed by atoms with Gasteiger partial charge >= 0.3 is 0 Å². The van der Waals surface area contributed by atoms with Crippen molar-refractivity contribution in [2.24, 2.45) is 5.73 Å². The van der Waals surface area contributed by atoms with Crippen LogP contribution >= 0.6 is 0 Å². The summed E-state index contributed by atoms with van der Waals surface area (Å²) < 4.78 is 0. The molecule has 0 spiro atoms. The Kier molecular flexibility index (Phi) is 4.90. The minimum absolute atomic E-state index is 0.475. The minimum atomic E-state index is -1.31. The highest BCUT2D eigenvalue weighted by atomic mass is 16.3. The molecule has 0 saturated heterocycles. The van der Waals surface area contributed by atoms with E-state index in [4.69, 9.17) is 5.73 Å². The summed E-state index contributed by atoms with van der Waals surface area (Å²) in [5.41, 5.74) is 3.68. The number of amides is 1. The molecular weight excluding hydrogens is 154 g/mol. The molecule has 3 N–H and O–H groups in total. The molecule has 0 heterocycles. The molecule has 0 aromatic rings. The Labute approximate surface area is 74.0 Å². The zero-order valence-electron chi connectivity index (χ0n) is 7.97. The summed E-state index contributed by atoms with van der Waals surface area (Å²) in [6.45, 7) is 3.59. The number of carbonyl (C=O) groups is 1. The number of unbranched alkanes of at least 4 members (excludes halogenated alkanes) is 3. The van der Waals surface area contributed by atoms with Gasteiger partial charge in [0.15, 0.2) is 0 Å². The van der Waals surface area contributed by atoms with E-state index in [-0.39, 0.29) is 0 Å². The lowest BCUT2D eigenvalue weighted by Gasteiger charge is -2.18. The average molecular weight is 173 g/mol. The van der Waals surface area contributed by atoms with Crippen LogP contribution in [0.4, 0.5) is 0 Å². The summed E-state index contributed by atoms with van der Waals surface area (Å²) in [7, 11) is 0. The standard InChI is InChI=1S/C9H19NO2/c1-3-4-5-6-7-9(2,12)8(10)11/h12H,3-7H2,1-2H3,(H2,10,11). The lowest BCUT2D eigenvalue weighted by molar-refractivity contribution is -0.135. The first-order chi connectivity index (χ1) is 5.50. The fraction of sp³-hybridized carbons (Fsp3) is 0.889. The number of nitrogens with two attached hydrogens (primary N) is 1. The first-order valence-corrected chi connectivity index (χ1v) is 4.53. The maximum Gasteiger partial charge on any atom is 0.249 e. The smallest absolute Gasteiger partial charge is 0.249 e. The van der Waals surface area contributed by atoms with Gasteiger partial charge in [-0.3, -0.25) is 4.79 Å². The normalized spacial score (nSPS) is 15.6. The highest BCUT2D eigenvalue weighted by Gasteiger charge is 2.26. The van der Waals surface area contributed by atoms with Crippen LogP contribution < -0.4 is 5.73 Å². The number of aliphatic hydroxyl groups is 1. The molecule has 0 aliphatic heterocycles. The number of hydrogen-bond donors (Lipinski definition) is 2. The van der Waals surface area contributed by atoms with Crippen LogP contribution in [0, 0.1) is 0 Å². The van der Waals surface area contributed by atoms with Crippen LogP contribution in [0.2, 0.25) is 0 Å². The van der Waals surface area contributed by atoms with Gasteiger partial charge < -0.3 is 10.8 Å². The van der Waals surface area contributed by atoms with Crippen molar-refractivity contribution < 1.29 is 9.90 Å². The number of hydrogen-bond acceptors (Lipinski definition) is 2. The van der Waals surface area contributed by atoms with Gasteiger partial charge in [0.05, 0.1) is 0 Å². The van der Waals surface area contributed by atoms with E-state index < -0.39 is 11.5 Å². The number of rotatable bonds is 6. The summed E-state index contributed by atoms with van der Waals surface area (Å²) in [6, 6.07) is 0. The van der Waals surface area contributed by atoms with Crippen molar-refractivity contribution in [1.29, 1.82) is 0 Å². The molecule has 72 valence electrons. The van der Waals surface area contributed by atoms with Crippen molar-refractivity contribution >= 4 is 5.91 Å². The highest BCUT2D eigenvalue weighted by molar-refractivity contribution is 5.82. The molecule has 3 heteroatoms. The second kappa shape index (κ2) is 5.14. The van der Waals surface area contributed by atoms with Crippen molar-refractivity contribution in [3.8, 4) is 0 Å². The van der Waals surface area contributed by atoms with E-state index in [0.29, 0.717) is 6.42 Å². The van der Waals surface area contributed by atoms with Crippen LogP contribution in [0.3, 0.4) is 0 Å². The molecule has 1 atom stereocenters. The Morgan fingerprint density at radius 3 is 2.42 bits per heavy atom. The van der Waals surface area contributed by atoms with Crippen LogP contribution in [0.15, 0.2) is 0 Å². The molecular formula is C9H19NO2. The molecule has 0 bridgehead atoms. The Bertz CT molecular complexity index is 143. The molecule has 3 nitrogen and oxygen atoms in total. The third kappa shape index (κ3) is 4.34. The molecule has 0 saturated carbocycles. The zero-order valence-corrected chi connectivity index (χ0v) is 7.97. The molecule has 0 aromatic carbocycles. The van der Waals surface area contributed by atoms with Gasteiger partial charge in [0.25, 0.3) is 0 Å². The van der Waals surface area contributed by atoms with Crippen molar-refractivity contribution in [2.45, 2.75) is 51.6 Å². The van der Waals surface area contributed by atoms with E-state index in [1.165, 1.54) is 6.92 Å². The molecule has 1 unspecified atom stereocenters. The van der Waals surface area contributed by atoms with Crippen LogP contribution in [0.25, 0.3) is 0 Å². The van der Waals surface area contributed by atoms with Gasteiger partial charge in [-0.1, -0.05) is 32.6 Å². The molecule has 1 amide bonds. The monoisotopic (exact) mass is 173 g/mol. The minimum Gasteiger partial charge on any atom is -0.380 e. The fourth-order valence-corrected chi connectivity index (χ4v) is 1.02. The quantitative estimate of drug-likeness (QED) is 0.593. The molecule has 12 heavy (non-hydrogen) atoms. The second-order valence-electron chi connectivity index (χ2n) is 3.45. The third-order valence-electron chi connectivity index (χ3n) is 2.05. The topological polar surface area (TPSA) is 63.3 Å². The van der Waals surface area contributed by atoms with Crippen LogP contribution in [0.1, 0.15) is 46.0 Å². The predicted octanol–water partition coefficient (Wildman–Crippen LogP) is 1.19. The van der Waals surface area contributed by atoms with Crippen LogP contribution in [-0.4, -0.2) is 16.6 Å². The van der Waals surface area contributed by atoms with E-state index >= 15 is 0 Å². The van der Waals surface area contributed by atoms with Gasteiger partial charge in [-0.2, -0.15) is 0 Å². The van der Waals surface area contributed by atoms with Crippen molar-refractivity contribution in [1.82, 2.24) is 0 Å². The Hall–Kier alpha value is -0.570. The highest BCUT2D eigenvalue weighted by Crippen LogP contribution is 2.14. The van der Waals surface area contributed by atoms with E-state index in [2.05, 4.69) is 6.92 Å². The number of primary amides is 1. The van der Waals surface area contributed by atoms with E-state index in [1.807, 2.05) is 0 Å². The molecule has 0 radical (unpaired) electrons. The molecule has 0 aliphatic rings. The SMILES string of the molecule is CCCCCCC(C)(O)C(N)=O. The summed E-state index contributed by atoms with van der Waals surface area (Å²) in [4.78, 5) is 10.7. The summed E-state index contributed by atoms with van der Waals surface area (Å²) >= 11 is 0. The van der Waals surface area contributed by atoms with Gasteiger partial charge in [0.1, 0.15) is 5.60 Å². The lowest BCUT2D eigenvalue weighted by Crippen LogP contribution is -2.40. The Morgan fingerprint density at radius 1 is 1.42 bits per heavy atom. The Balaban J connectivity index is 3.54. The average Bonchev–Trinajstić information content (AvgIpc) is 1.98. The third-order valence-corrected chi connectivity index (χ3v) is 2.05. The summed E-state index contributed by atoms with van der Waals surface area (Å²) in [5, 5.41) is 9.42. The Morgan fingerprint density at radius 2 is 2.00 bits per heavy atom. The first kappa shape index (κ1) is 11.4. The fourth-order valence-electron chi connectivity index (χ4n) is 1.02. The molecule has 0 aliphatic carbocycles. The van der Waals surface area contributed by atoms with Crippen molar-refractivity contribution in [3.63, 3.8) is 0 Å². The zero-order chi connectivity index (χ0) is 9.61. The van der Waals surface area contributed by atoms with Gasteiger partial charge in [-0.25, -0.2) is 0 Å². The van der Waals surface area contributed by atoms with Crippen LogP contribution in [0.5, 0.6) is 0 Å². The maximum absolute atomic E-state index is 10.7. The summed E-state index contributed by atoms with van der Waals surface area (Å²) in [6.07, 6.45) is 4.69. The maximum atomic E-state index is 10.7. The van der Waals surface area contributed by atoms with Gasteiger partial charge in [0, 0.05) is 0 Å². The van der Waals surface area contributed by atoms with Crippen molar-refractivity contribution in [3.05, 3.63) is 0 Å². The lowest BCUT2D eigenvalue weighted by atomic mass is 9.97. The molecule has 0 rings (SSSR count). The van der Waals surface area contributed by atoms with Gasteiger partial charge in [-0.05, 0) is 13.3 Å². The first-order valence-electron chi connectivity index (χ1n) is 4.53. The second-order valence-corrected chi connectivity index (χ2v) is 3.45. The largest absolute Gasteiger partial charge is 0.380 e. The van der Waals surface area contributed by atoms with Crippen molar-refractivity contribution in [2.75, 3.05) is 0 Å². The predicted molar refractivity (Wildman–Crippen MR) is 48.6 cm³/mol. The summed E-state index contributed by atoms with van der Waals surface area (Å²) in [5.74, 6) is -0.626. The van der Waals surface area contributed by atoms with E-state index in [9.17, 15) is 9.90 Å². The molecule has 0 aromatic heterocycles. The van der Waals surface area contributed by atoms with Gasteiger partial charge in [-0.15, -0.1) is 0 Å². The van der Waals surface area contributed by atoms with E-state index in [1.54, 1.807) is 0 Å².